The molecule has 2 amide bonds. The van der Waals surface area contributed by atoms with Crippen LogP contribution in [0.2, 0.25) is 0 Å². The van der Waals surface area contributed by atoms with Gasteiger partial charge in [-0.25, -0.2) is 0 Å². The van der Waals surface area contributed by atoms with Crippen LogP contribution in [0.3, 0.4) is 0 Å². The van der Waals surface area contributed by atoms with Crippen LogP contribution in [-0.2, 0) is 20.9 Å². The monoisotopic (exact) mass is 472 g/mol. The van der Waals surface area contributed by atoms with Gasteiger partial charge in [-0.3, -0.25) is 9.59 Å². The van der Waals surface area contributed by atoms with Crippen LogP contribution in [0, 0.1) is 0 Å². The van der Waals surface area contributed by atoms with Gasteiger partial charge in [0.2, 0.25) is 17.6 Å². The Kier molecular flexibility index (Phi) is 7.94. The minimum Gasteiger partial charge on any atom is -0.493 e. The Bertz CT molecular complexity index is 984. The second kappa shape index (κ2) is 11.3. The standard InChI is InChI=1S/C23H32N6O5/c1-32-19-10-9-16(12-20(19)33-2)23-25-27-29(26-23)15-22(31)28(13-18-8-5-11-34-18)14-21(30)24-17-6-3-4-7-17/h9-10,12,17-18H,3-8,11,13-15H2,1-2H3,(H,24,30). The summed E-state index contributed by atoms with van der Waals surface area (Å²) in [5.41, 5.74) is 0.684. The van der Waals surface area contributed by atoms with Crippen LogP contribution >= 0.6 is 0 Å². The fourth-order valence-corrected chi connectivity index (χ4v) is 4.43. The van der Waals surface area contributed by atoms with Gasteiger partial charge >= 0.3 is 0 Å². The molecule has 1 unspecified atom stereocenters. The van der Waals surface area contributed by atoms with E-state index < -0.39 is 0 Å². The van der Waals surface area contributed by atoms with Gasteiger partial charge in [0.25, 0.3) is 0 Å². The topological polar surface area (TPSA) is 121 Å². The zero-order valence-corrected chi connectivity index (χ0v) is 19.7. The Labute approximate surface area is 198 Å². The highest BCUT2D eigenvalue weighted by molar-refractivity contribution is 5.84. The van der Waals surface area contributed by atoms with Gasteiger partial charge in [-0.15, -0.1) is 10.2 Å². The zero-order chi connectivity index (χ0) is 23.9. The van der Waals surface area contributed by atoms with Gasteiger partial charge in [0, 0.05) is 24.8 Å². The maximum Gasteiger partial charge on any atom is 0.246 e. The summed E-state index contributed by atoms with van der Waals surface area (Å²) in [6.45, 7) is 0.921. The van der Waals surface area contributed by atoms with E-state index in [0.717, 1.165) is 38.5 Å². The molecule has 11 nitrogen and oxygen atoms in total. The Morgan fingerprint density at radius 3 is 2.65 bits per heavy atom. The predicted octanol–water partition coefficient (Wildman–Crippen LogP) is 1.42. The predicted molar refractivity (Wildman–Crippen MR) is 122 cm³/mol. The molecule has 1 aromatic carbocycles. The van der Waals surface area contributed by atoms with Crippen LogP contribution in [0.25, 0.3) is 11.4 Å². The van der Waals surface area contributed by atoms with Crippen molar-refractivity contribution in [2.24, 2.45) is 0 Å². The summed E-state index contributed by atoms with van der Waals surface area (Å²) in [6.07, 6.45) is 6.02. The first-order valence-electron chi connectivity index (χ1n) is 11.7. The molecule has 1 saturated carbocycles. The average Bonchev–Trinajstić information content (AvgIpc) is 3.62. The van der Waals surface area contributed by atoms with Crippen molar-refractivity contribution < 1.29 is 23.8 Å². The molecule has 1 saturated heterocycles. The van der Waals surface area contributed by atoms with Gasteiger partial charge < -0.3 is 24.4 Å². The lowest BCUT2D eigenvalue weighted by Crippen LogP contribution is -2.47. The maximum atomic E-state index is 13.1. The number of amides is 2. The van der Waals surface area contributed by atoms with Crippen LogP contribution in [0.15, 0.2) is 18.2 Å². The molecule has 2 aromatic rings. The molecule has 0 bridgehead atoms. The summed E-state index contributed by atoms with van der Waals surface area (Å²) in [7, 11) is 3.12. The van der Waals surface area contributed by atoms with Crippen molar-refractivity contribution in [3.63, 3.8) is 0 Å². The second-order valence-corrected chi connectivity index (χ2v) is 8.67. The molecule has 1 aliphatic carbocycles. The average molecular weight is 473 g/mol. The molecule has 1 aromatic heterocycles. The third kappa shape index (κ3) is 6.02. The number of nitrogens with one attached hydrogen (secondary N) is 1. The number of hydrogen-bond acceptors (Lipinski definition) is 8. The van der Waals surface area contributed by atoms with Crippen LogP contribution in [0.5, 0.6) is 11.5 Å². The molecule has 1 atom stereocenters. The fourth-order valence-electron chi connectivity index (χ4n) is 4.43. The van der Waals surface area contributed by atoms with E-state index in [1.807, 2.05) is 0 Å². The van der Waals surface area contributed by atoms with E-state index in [1.54, 1.807) is 37.3 Å². The highest BCUT2D eigenvalue weighted by Gasteiger charge is 2.26. The van der Waals surface area contributed by atoms with Crippen molar-refractivity contribution in [3.05, 3.63) is 18.2 Å². The number of nitrogens with zero attached hydrogens (tertiary/aromatic N) is 5. The number of tetrazole rings is 1. The van der Waals surface area contributed by atoms with Crippen molar-refractivity contribution in [2.45, 2.75) is 57.2 Å². The Balaban J connectivity index is 1.42. The smallest absolute Gasteiger partial charge is 0.246 e. The molecule has 0 radical (unpaired) electrons. The number of aromatic nitrogens is 4. The molecule has 2 aliphatic rings. The third-order valence-electron chi connectivity index (χ3n) is 6.23. The molecule has 34 heavy (non-hydrogen) atoms. The van der Waals surface area contributed by atoms with Gasteiger partial charge in [-0.1, -0.05) is 12.8 Å². The van der Waals surface area contributed by atoms with Crippen molar-refractivity contribution in [2.75, 3.05) is 33.9 Å². The van der Waals surface area contributed by atoms with E-state index in [0.29, 0.717) is 36.0 Å². The number of ether oxygens (including phenoxy) is 3. The normalized spacial score (nSPS) is 18.1. The second-order valence-electron chi connectivity index (χ2n) is 8.67. The van der Waals surface area contributed by atoms with Crippen molar-refractivity contribution in [1.29, 1.82) is 0 Å². The first kappa shape index (κ1) is 23.9. The molecule has 2 fully saturated rings. The Morgan fingerprint density at radius 1 is 1.15 bits per heavy atom. The van der Waals surface area contributed by atoms with Crippen LogP contribution < -0.4 is 14.8 Å². The van der Waals surface area contributed by atoms with Gasteiger partial charge in [0.1, 0.15) is 6.54 Å². The van der Waals surface area contributed by atoms with E-state index >= 15 is 0 Å². The van der Waals surface area contributed by atoms with Gasteiger partial charge in [-0.2, -0.15) is 4.80 Å². The highest BCUT2D eigenvalue weighted by atomic mass is 16.5. The fraction of sp³-hybridized carbons (Fsp3) is 0.609. The van der Waals surface area contributed by atoms with E-state index in [1.165, 1.54) is 4.80 Å². The molecule has 11 heteroatoms. The van der Waals surface area contributed by atoms with Crippen LogP contribution in [-0.4, -0.2) is 83.0 Å². The number of carbonyl (C=O) groups excluding carboxylic acids is 2. The molecule has 4 rings (SSSR count). The van der Waals surface area contributed by atoms with Crippen molar-refractivity contribution in [3.8, 4) is 22.9 Å². The molecule has 184 valence electrons. The summed E-state index contributed by atoms with van der Waals surface area (Å²) >= 11 is 0. The number of methoxy groups -OCH3 is 2. The summed E-state index contributed by atoms with van der Waals surface area (Å²) in [5.74, 6) is 1.10. The Morgan fingerprint density at radius 2 is 1.94 bits per heavy atom. The lowest BCUT2D eigenvalue weighted by atomic mass is 10.2. The van der Waals surface area contributed by atoms with Crippen molar-refractivity contribution in [1.82, 2.24) is 30.4 Å². The van der Waals surface area contributed by atoms with E-state index in [4.69, 9.17) is 14.2 Å². The molecular weight excluding hydrogens is 440 g/mol. The summed E-state index contributed by atoms with van der Waals surface area (Å²) in [6, 6.07) is 5.50. The Hall–Kier alpha value is -3.21. The molecule has 1 N–H and O–H groups in total. The zero-order valence-electron chi connectivity index (χ0n) is 19.7. The van der Waals surface area contributed by atoms with Gasteiger partial charge in [0.05, 0.1) is 26.9 Å². The number of carbonyl (C=O) groups is 2. The van der Waals surface area contributed by atoms with E-state index in [2.05, 4.69) is 20.7 Å². The maximum absolute atomic E-state index is 13.1. The number of benzene rings is 1. The van der Waals surface area contributed by atoms with Gasteiger partial charge in [-0.05, 0) is 49.1 Å². The molecule has 0 spiro atoms. The van der Waals surface area contributed by atoms with E-state index in [-0.39, 0.29) is 37.0 Å². The first-order chi connectivity index (χ1) is 16.6. The summed E-state index contributed by atoms with van der Waals surface area (Å²) in [4.78, 5) is 28.5. The SMILES string of the molecule is COc1ccc(-c2nnn(CC(=O)N(CC(=O)NC3CCCC3)CC3CCCO3)n2)cc1OC. The minimum absolute atomic E-state index is 0.00751. The summed E-state index contributed by atoms with van der Waals surface area (Å²) in [5, 5.41) is 15.5. The molecular formula is C23H32N6O5. The molecule has 2 heterocycles. The van der Waals surface area contributed by atoms with Crippen LogP contribution in [0.4, 0.5) is 0 Å². The quantitative estimate of drug-likeness (QED) is 0.551. The van der Waals surface area contributed by atoms with E-state index in [9.17, 15) is 9.59 Å². The largest absolute Gasteiger partial charge is 0.493 e. The van der Waals surface area contributed by atoms with Crippen LogP contribution in [0.1, 0.15) is 38.5 Å². The minimum atomic E-state index is -0.256. The third-order valence-corrected chi connectivity index (χ3v) is 6.23. The molecule has 1 aliphatic heterocycles. The first-order valence-corrected chi connectivity index (χ1v) is 11.7. The lowest BCUT2D eigenvalue weighted by Gasteiger charge is -2.25. The summed E-state index contributed by atoms with van der Waals surface area (Å²) < 4.78 is 16.3. The highest BCUT2D eigenvalue weighted by Crippen LogP contribution is 2.30. The van der Waals surface area contributed by atoms with Crippen molar-refractivity contribution >= 4 is 11.8 Å². The van der Waals surface area contributed by atoms with Gasteiger partial charge in [0.15, 0.2) is 11.5 Å². The number of hydrogen-bond donors (Lipinski definition) is 1. The number of rotatable bonds is 10. The lowest BCUT2D eigenvalue weighted by molar-refractivity contribution is -0.138.